The molecule has 0 saturated carbocycles. The minimum absolute atomic E-state index is 0. The van der Waals surface area contributed by atoms with Crippen molar-refractivity contribution in [3.05, 3.63) is 29.6 Å². The Bertz CT molecular complexity index is 453. The maximum Gasteiger partial charge on any atom is 0.191 e. The first kappa shape index (κ1) is 19.9. The van der Waals surface area contributed by atoms with Gasteiger partial charge in [-0.15, -0.1) is 24.0 Å². The molecule has 0 aliphatic carbocycles. The lowest BCUT2D eigenvalue weighted by Gasteiger charge is -2.14. The largest absolute Gasteiger partial charge is 0.491 e. The van der Waals surface area contributed by atoms with Crippen LogP contribution in [0.3, 0.4) is 0 Å². The van der Waals surface area contributed by atoms with Crippen LogP contribution in [0.4, 0.5) is 4.39 Å². The first-order chi connectivity index (χ1) is 9.56. The van der Waals surface area contributed by atoms with E-state index < -0.39 is 0 Å². The molecule has 0 aliphatic heterocycles. The van der Waals surface area contributed by atoms with Crippen LogP contribution in [0.25, 0.3) is 0 Å². The van der Waals surface area contributed by atoms with Gasteiger partial charge in [-0.2, -0.15) is 0 Å². The maximum absolute atomic E-state index is 13.7. The van der Waals surface area contributed by atoms with E-state index in [1.54, 1.807) is 13.1 Å². The predicted octanol–water partition coefficient (Wildman–Crippen LogP) is 3.16. The number of nitrogens with one attached hydrogen (secondary N) is 2. The van der Waals surface area contributed by atoms with Crippen molar-refractivity contribution in [2.24, 2.45) is 10.9 Å². The van der Waals surface area contributed by atoms with Crippen LogP contribution in [0.15, 0.2) is 23.2 Å². The molecule has 6 heteroatoms. The van der Waals surface area contributed by atoms with Crippen LogP contribution in [0.2, 0.25) is 0 Å². The summed E-state index contributed by atoms with van der Waals surface area (Å²) >= 11 is 0. The Hall–Kier alpha value is -1.05. The van der Waals surface area contributed by atoms with Gasteiger partial charge in [0.15, 0.2) is 17.5 Å². The van der Waals surface area contributed by atoms with Crippen molar-refractivity contribution < 1.29 is 9.13 Å². The van der Waals surface area contributed by atoms with Crippen molar-refractivity contribution in [2.75, 3.05) is 20.2 Å². The topological polar surface area (TPSA) is 45.6 Å². The summed E-state index contributed by atoms with van der Waals surface area (Å²) in [5.74, 6) is 1.21. The van der Waals surface area contributed by atoms with Gasteiger partial charge in [-0.3, -0.25) is 4.99 Å². The molecule has 0 unspecified atom stereocenters. The molecule has 1 aromatic rings. The van der Waals surface area contributed by atoms with Crippen LogP contribution in [-0.4, -0.2) is 26.2 Å². The molecular weight excluding hydrogens is 384 g/mol. The highest BCUT2D eigenvalue weighted by Gasteiger charge is 2.05. The molecule has 2 N–H and O–H groups in total. The third-order valence-corrected chi connectivity index (χ3v) is 2.66. The van der Waals surface area contributed by atoms with Gasteiger partial charge in [-0.05, 0) is 30.5 Å². The molecule has 0 atom stereocenters. The predicted molar refractivity (Wildman–Crippen MR) is 96.0 cm³/mol. The second kappa shape index (κ2) is 10.6. The fourth-order valence-corrected chi connectivity index (χ4v) is 1.63. The number of aliphatic imine (C=N–C) groups is 1. The molecule has 0 heterocycles. The number of ether oxygens (including phenoxy) is 1. The normalized spacial score (nSPS) is 11.0. The van der Waals surface area contributed by atoms with E-state index in [1.165, 1.54) is 6.07 Å². The zero-order valence-corrected chi connectivity index (χ0v) is 15.4. The van der Waals surface area contributed by atoms with Crippen LogP contribution in [-0.2, 0) is 6.54 Å². The lowest BCUT2D eigenvalue weighted by atomic mass is 10.2. The molecular formula is C15H25FIN3O. The van der Waals surface area contributed by atoms with Gasteiger partial charge in [0.1, 0.15) is 0 Å². The van der Waals surface area contributed by atoms with Gasteiger partial charge < -0.3 is 15.4 Å². The summed E-state index contributed by atoms with van der Waals surface area (Å²) in [5, 5.41) is 6.36. The standard InChI is InChI=1S/C15H24FN3O.HI/c1-5-20-14-7-6-12(8-13(14)16)10-19-15(17-4)18-9-11(2)3;/h6-8,11H,5,9-10H2,1-4H3,(H2,17,18,19);1H. The third-order valence-electron chi connectivity index (χ3n) is 2.66. The number of hydrogen-bond acceptors (Lipinski definition) is 2. The van der Waals surface area contributed by atoms with Gasteiger partial charge >= 0.3 is 0 Å². The number of rotatable bonds is 6. The molecule has 21 heavy (non-hydrogen) atoms. The lowest BCUT2D eigenvalue weighted by molar-refractivity contribution is 0.321. The summed E-state index contributed by atoms with van der Waals surface area (Å²) in [5.41, 5.74) is 0.846. The smallest absolute Gasteiger partial charge is 0.191 e. The number of benzene rings is 1. The molecule has 0 radical (unpaired) electrons. The van der Waals surface area contributed by atoms with Gasteiger partial charge in [0.05, 0.1) is 6.61 Å². The summed E-state index contributed by atoms with van der Waals surface area (Å²) in [6.07, 6.45) is 0. The maximum atomic E-state index is 13.7. The molecule has 0 spiro atoms. The van der Waals surface area contributed by atoms with E-state index in [-0.39, 0.29) is 29.8 Å². The lowest BCUT2D eigenvalue weighted by Crippen LogP contribution is -2.38. The summed E-state index contributed by atoms with van der Waals surface area (Å²) in [6, 6.07) is 4.98. The van der Waals surface area contributed by atoms with Crippen molar-refractivity contribution >= 4 is 29.9 Å². The number of guanidine groups is 1. The zero-order valence-electron chi connectivity index (χ0n) is 13.1. The number of hydrogen-bond donors (Lipinski definition) is 2. The van der Waals surface area contributed by atoms with Gasteiger partial charge in [0, 0.05) is 20.1 Å². The Morgan fingerprint density at radius 1 is 1.33 bits per heavy atom. The fourth-order valence-electron chi connectivity index (χ4n) is 1.63. The Labute approximate surface area is 143 Å². The van der Waals surface area contributed by atoms with E-state index in [1.807, 2.05) is 13.0 Å². The monoisotopic (exact) mass is 409 g/mol. The van der Waals surface area contributed by atoms with Crippen LogP contribution in [0.5, 0.6) is 5.75 Å². The van der Waals surface area contributed by atoms with E-state index in [0.717, 1.165) is 12.1 Å². The first-order valence-electron chi connectivity index (χ1n) is 6.92. The molecule has 120 valence electrons. The van der Waals surface area contributed by atoms with E-state index in [9.17, 15) is 4.39 Å². The van der Waals surface area contributed by atoms with E-state index >= 15 is 0 Å². The average molecular weight is 409 g/mol. The van der Waals surface area contributed by atoms with Crippen molar-refractivity contribution in [3.63, 3.8) is 0 Å². The Kier molecular flexibility index (Phi) is 10.1. The molecule has 0 amide bonds. The Balaban J connectivity index is 0.00000400. The Morgan fingerprint density at radius 3 is 2.57 bits per heavy atom. The molecule has 4 nitrogen and oxygen atoms in total. The van der Waals surface area contributed by atoms with Crippen molar-refractivity contribution in [1.82, 2.24) is 10.6 Å². The SMILES string of the molecule is CCOc1ccc(CNC(=NC)NCC(C)C)cc1F.I. The zero-order chi connectivity index (χ0) is 15.0. The summed E-state index contributed by atoms with van der Waals surface area (Å²) in [4.78, 5) is 4.12. The molecule has 0 fully saturated rings. The first-order valence-corrected chi connectivity index (χ1v) is 6.92. The van der Waals surface area contributed by atoms with Crippen LogP contribution >= 0.6 is 24.0 Å². The van der Waals surface area contributed by atoms with E-state index in [4.69, 9.17) is 4.74 Å². The summed E-state index contributed by atoms with van der Waals surface area (Å²) < 4.78 is 18.9. The molecule has 1 aromatic carbocycles. The highest BCUT2D eigenvalue weighted by atomic mass is 127. The number of halogens is 2. The third kappa shape index (κ3) is 7.50. The van der Waals surface area contributed by atoms with Crippen molar-refractivity contribution in [1.29, 1.82) is 0 Å². The van der Waals surface area contributed by atoms with Crippen molar-refractivity contribution in [2.45, 2.75) is 27.3 Å². The Morgan fingerprint density at radius 2 is 2.05 bits per heavy atom. The van der Waals surface area contributed by atoms with Gasteiger partial charge in [0.2, 0.25) is 0 Å². The van der Waals surface area contributed by atoms with Crippen LogP contribution in [0.1, 0.15) is 26.3 Å². The highest BCUT2D eigenvalue weighted by molar-refractivity contribution is 14.0. The van der Waals surface area contributed by atoms with Crippen LogP contribution < -0.4 is 15.4 Å². The van der Waals surface area contributed by atoms with Gasteiger partial charge in [-0.1, -0.05) is 19.9 Å². The quantitative estimate of drug-likeness (QED) is 0.431. The van der Waals surface area contributed by atoms with Crippen LogP contribution in [0, 0.1) is 11.7 Å². The van der Waals surface area contributed by atoms with Gasteiger partial charge in [0.25, 0.3) is 0 Å². The molecule has 0 aliphatic rings. The molecule has 0 saturated heterocycles. The average Bonchev–Trinajstić information content (AvgIpc) is 2.41. The number of nitrogens with zero attached hydrogens (tertiary/aromatic N) is 1. The highest BCUT2D eigenvalue weighted by Crippen LogP contribution is 2.18. The molecule has 0 bridgehead atoms. The second-order valence-corrected chi connectivity index (χ2v) is 4.90. The molecule has 0 aromatic heterocycles. The van der Waals surface area contributed by atoms with E-state index in [0.29, 0.717) is 30.8 Å². The molecule has 1 rings (SSSR count). The van der Waals surface area contributed by atoms with Crippen molar-refractivity contribution in [3.8, 4) is 5.75 Å². The minimum Gasteiger partial charge on any atom is -0.491 e. The van der Waals surface area contributed by atoms with E-state index in [2.05, 4.69) is 29.5 Å². The second-order valence-electron chi connectivity index (χ2n) is 4.90. The summed E-state index contributed by atoms with van der Waals surface area (Å²) in [6.45, 7) is 7.90. The summed E-state index contributed by atoms with van der Waals surface area (Å²) in [7, 11) is 1.72. The minimum atomic E-state index is -0.337. The fraction of sp³-hybridized carbons (Fsp3) is 0.533. The van der Waals surface area contributed by atoms with Gasteiger partial charge in [-0.25, -0.2) is 4.39 Å².